The molecular weight excluding hydrogens is 336 g/mol. The standard InChI is InChI=1S/C15H17BrN2O3/c1-4-21-14(19)12-9(2)18(3)15(20)17-13(12)10-7-5-6-8-11(10)16/h5-8,13H,4H2,1-3H3,(H,17,20). The maximum atomic E-state index is 12.3. The molecule has 0 spiro atoms. The van der Waals surface area contributed by atoms with Crippen molar-refractivity contribution in [2.45, 2.75) is 19.9 Å². The number of nitrogens with one attached hydrogen (secondary N) is 1. The molecule has 0 saturated heterocycles. The van der Waals surface area contributed by atoms with Crippen molar-refractivity contribution in [2.24, 2.45) is 0 Å². The molecule has 0 saturated carbocycles. The van der Waals surface area contributed by atoms with Gasteiger partial charge in [-0.25, -0.2) is 9.59 Å². The number of rotatable bonds is 3. The van der Waals surface area contributed by atoms with Gasteiger partial charge in [0.2, 0.25) is 0 Å². The summed E-state index contributed by atoms with van der Waals surface area (Å²) in [5.41, 5.74) is 1.87. The molecular formula is C15H17BrN2O3. The number of benzene rings is 1. The van der Waals surface area contributed by atoms with E-state index < -0.39 is 12.0 Å². The zero-order valence-corrected chi connectivity index (χ0v) is 13.7. The Labute approximate surface area is 132 Å². The fourth-order valence-electron chi connectivity index (χ4n) is 2.25. The Morgan fingerprint density at radius 2 is 2.10 bits per heavy atom. The third-order valence-electron chi connectivity index (χ3n) is 3.47. The molecule has 1 N–H and O–H groups in total. The van der Waals surface area contributed by atoms with E-state index in [-0.39, 0.29) is 12.6 Å². The second-order valence-electron chi connectivity index (χ2n) is 4.68. The molecule has 1 aromatic carbocycles. The van der Waals surface area contributed by atoms with Gasteiger partial charge in [-0.15, -0.1) is 0 Å². The van der Waals surface area contributed by atoms with E-state index >= 15 is 0 Å². The Morgan fingerprint density at radius 1 is 1.43 bits per heavy atom. The van der Waals surface area contributed by atoms with Crippen LogP contribution in [0.3, 0.4) is 0 Å². The van der Waals surface area contributed by atoms with Gasteiger partial charge in [-0.2, -0.15) is 0 Å². The number of hydrogen-bond acceptors (Lipinski definition) is 3. The summed E-state index contributed by atoms with van der Waals surface area (Å²) in [5, 5.41) is 2.84. The molecule has 5 nitrogen and oxygen atoms in total. The highest BCUT2D eigenvalue weighted by Crippen LogP contribution is 2.34. The Hall–Kier alpha value is -1.82. The number of esters is 1. The number of amides is 2. The second-order valence-corrected chi connectivity index (χ2v) is 5.54. The van der Waals surface area contributed by atoms with Crippen molar-refractivity contribution in [1.29, 1.82) is 0 Å². The number of allylic oxidation sites excluding steroid dienone is 1. The molecule has 112 valence electrons. The van der Waals surface area contributed by atoms with Crippen molar-refractivity contribution < 1.29 is 14.3 Å². The smallest absolute Gasteiger partial charge is 0.338 e. The van der Waals surface area contributed by atoms with E-state index in [9.17, 15) is 9.59 Å². The number of urea groups is 1. The van der Waals surface area contributed by atoms with Crippen molar-refractivity contribution in [3.63, 3.8) is 0 Å². The first-order chi connectivity index (χ1) is 9.97. The lowest BCUT2D eigenvalue weighted by atomic mass is 9.95. The Balaban J connectivity index is 2.54. The predicted molar refractivity (Wildman–Crippen MR) is 82.5 cm³/mol. The minimum absolute atomic E-state index is 0.249. The van der Waals surface area contributed by atoms with Gasteiger partial charge in [-0.3, -0.25) is 0 Å². The van der Waals surface area contributed by atoms with Gasteiger partial charge >= 0.3 is 12.0 Å². The lowest BCUT2D eigenvalue weighted by Crippen LogP contribution is -2.46. The van der Waals surface area contributed by atoms with E-state index in [4.69, 9.17) is 4.74 Å². The normalized spacial score (nSPS) is 18.6. The predicted octanol–water partition coefficient (Wildman–Crippen LogP) is 2.98. The number of carbonyl (C=O) groups excluding carboxylic acids is 2. The van der Waals surface area contributed by atoms with Crippen LogP contribution in [0.15, 0.2) is 40.0 Å². The number of ether oxygens (including phenoxy) is 1. The molecule has 1 aromatic rings. The Morgan fingerprint density at radius 3 is 2.71 bits per heavy atom. The fraction of sp³-hybridized carbons (Fsp3) is 0.333. The molecule has 0 bridgehead atoms. The van der Waals surface area contributed by atoms with Gasteiger partial charge in [-0.05, 0) is 25.5 Å². The molecule has 1 aliphatic heterocycles. The molecule has 21 heavy (non-hydrogen) atoms. The quantitative estimate of drug-likeness (QED) is 0.850. The van der Waals surface area contributed by atoms with Crippen LogP contribution in [0.25, 0.3) is 0 Å². The van der Waals surface area contributed by atoms with Crippen LogP contribution in [0.4, 0.5) is 4.79 Å². The molecule has 2 rings (SSSR count). The molecule has 2 amide bonds. The van der Waals surface area contributed by atoms with Gasteiger partial charge in [0.15, 0.2) is 0 Å². The van der Waals surface area contributed by atoms with E-state index in [2.05, 4.69) is 21.2 Å². The largest absolute Gasteiger partial charge is 0.463 e. The molecule has 1 atom stereocenters. The monoisotopic (exact) mass is 352 g/mol. The van der Waals surface area contributed by atoms with E-state index in [0.29, 0.717) is 11.3 Å². The highest BCUT2D eigenvalue weighted by atomic mass is 79.9. The minimum Gasteiger partial charge on any atom is -0.463 e. The van der Waals surface area contributed by atoms with Gasteiger partial charge in [0.05, 0.1) is 18.2 Å². The second kappa shape index (κ2) is 6.30. The molecule has 0 fully saturated rings. The molecule has 1 aliphatic rings. The van der Waals surface area contributed by atoms with E-state index in [1.807, 2.05) is 24.3 Å². The summed E-state index contributed by atoms with van der Waals surface area (Å²) < 4.78 is 5.97. The van der Waals surface area contributed by atoms with Gasteiger partial charge in [0.25, 0.3) is 0 Å². The number of halogens is 1. The average molecular weight is 353 g/mol. The highest BCUT2D eigenvalue weighted by Gasteiger charge is 2.35. The highest BCUT2D eigenvalue weighted by molar-refractivity contribution is 9.10. The van der Waals surface area contributed by atoms with Crippen LogP contribution in [-0.4, -0.2) is 30.6 Å². The van der Waals surface area contributed by atoms with Gasteiger partial charge in [0.1, 0.15) is 0 Å². The third kappa shape index (κ3) is 2.95. The summed E-state index contributed by atoms with van der Waals surface area (Å²) >= 11 is 3.46. The van der Waals surface area contributed by atoms with Crippen LogP contribution >= 0.6 is 15.9 Å². The van der Waals surface area contributed by atoms with Crippen molar-refractivity contribution in [3.8, 4) is 0 Å². The molecule has 1 unspecified atom stereocenters. The van der Waals surface area contributed by atoms with Crippen LogP contribution in [-0.2, 0) is 9.53 Å². The molecule has 6 heteroatoms. The Bertz CT molecular complexity index is 613. The van der Waals surface area contributed by atoms with Crippen LogP contribution in [0.2, 0.25) is 0 Å². The first-order valence-corrected chi connectivity index (χ1v) is 7.43. The summed E-state index contributed by atoms with van der Waals surface area (Å²) in [4.78, 5) is 25.7. The summed E-state index contributed by atoms with van der Waals surface area (Å²) in [6.45, 7) is 3.79. The van der Waals surface area contributed by atoms with Crippen LogP contribution < -0.4 is 5.32 Å². The SMILES string of the molecule is CCOC(=O)C1=C(C)N(C)C(=O)NC1c1ccccc1Br. The maximum absolute atomic E-state index is 12.3. The van der Waals surface area contributed by atoms with E-state index in [0.717, 1.165) is 10.0 Å². The first kappa shape index (κ1) is 15.6. The van der Waals surface area contributed by atoms with E-state index in [1.165, 1.54) is 4.90 Å². The molecule has 0 radical (unpaired) electrons. The molecule has 0 aliphatic carbocycles. The van der Waals surface area contributed by atoms with Gasteiger partial charge < -0.3 is 15.0 Å². The Kier molecular flexibility index (Phi) is 4.67. The first-order valence-electron chi connectivity index (χ1n) is 6.63. The molecule has 0 aromatic heterocycles. The zero-order chi connectivity index (χ0) is 15.6. The van der Waals surface area contributed by atoms with Crippen molar-refractivity contribution in [2.75, 3.05) is 13.7 Å². The fourth-order valence-corrected chi connectivity index (χ4v) is 2.76. The number of carbonyl (C=O) groups is 2. The van der Waals surface area contributed by atoms with Gasteiger partial charge in [-0.1, -0.05) is 34.1 Å². The van der Waals surface area contributed by atoms with Crippen LogP contribution in [0.1, 0.15) is 25.5 Å². The number of hydrogen-bond donors (Lipinski definition) is 1. The average Bonchev–Trinajstić information content (AvgIpc) is 2.45. The van der Waals surface area contributed by atoms with Gasteiger partial charge in [0, 0.05) is 17.2 Å². The lowest BCUT2D eigenvalue weighted by molar-refractivity contribution is -0.139. The topological polar surface area (TPSA) is 58.6 Å². The van der Waals surface area contributed by atoms with Crippen LogP contribution in [0, 0.1) is 0 Å². The van der Waals surface area contributed by atoms with Crippen molar-refractivity contribution in [3.05, 3.63) is 45.6 Å². The van der Waals surface area contributed by atoms with E-state index in [1.54, 1.807) is 20.9 Å². The third-order valence-corrected chi connectivity index (χ3v) is 4.19. The maximum Gasteiger partial charge on any atom is 0.338 e. The lowest BCUT2D eigenvalue weighted by Gasteiger charge is -2.33. The summed E-state index contributed by atoms with van der Waals surface area (Å²) in [6, 6.07) is 6.71. The summed E-state index contributed by atoms with van der Waals surface area (Å²) in [7, 11) is 1.63. The molecule has 1 heterocycles. The summed E-state index contributed by atoms with van der Waals surface area (Å²) in [5.74, 6) is -0.414. The minimum atomic E-state index is -0.525. The zero-order valence-electron chi connectivity index (χ0n) is 12.1. The summed E-state index contributed by atoms with van der Waals surface area (Å²) in [6.07, 6.45) is 0. The van der Waals surface area contributed by atoms with Crippen molar-refractivity contribution >= 4 is 27.9 Å². The van der Waals surface area contributed by atoms with Crippen LogP contribution in [0.5, 0.6) is 0 Å². The van der Waals surface area contributed by atoms with Crippen molar-refractivity contribution in [1.82, 2.24) is 10.2 Å². The number of nitrogens with zero attached hydrogens (tertiary/aromatic N) is 1.